The third kappa shape index (κ3) is 4.54. The lowest BCUT2D eigenvalue weighted by Crippen LogP contribution is -2.68. The van der Waals surface area contributed by atoms with Crippen molar-refractivity contribution in [2.45, 2.75) is 149 Å². The summed E-state index contributed by atoms with van der Waals surface area (Å²) in [5, 5.41) is 63.5. The predicted molar refractivity (Wildman–Crippen MR) is 167 cm³/mol. The molecule has 1 heterocycles. The van der Waals surface area contributed by atoms with Gasteiger partial charge in [-0.25, -0.2) is 0 Å². The van der Waals surface area contributed by atoms with Gasteiger partial charge >= 0.3 is 5.97 Å². The second kappa shape index (κ2) is 10.7. The molecule has 45 heavy (non-hydrogen) atoms. The van der Waals surface area contributed by atoms with Crippen LogP contribution in [-0.4, -0.2) is 86.1 Å². The Morgan fingerprint density at radius 1 is 0.889 bits per heavy atom. The Balaban J connectivity index is 1.31. The molecule has 1 aliphatic heterocycles. The van der Waals surface area contributed by atoms with Gasteiger partial charge in [0.25, 0.3) is 0 Å². The lowest BCUT2D eigenvalue weighted by molar-refractivity contribution is -0.330. The molecule has 0 spiro atoms. The molecule has 0 radical (unpaired) electrons. The zero-order chi connectivity index (χ0) is 33.1. The van der Waals surface area contributed by atoms with Gasteiger partial charge in [0.2, 0.25) is 0 Å². The van der Waals surface area contributed by atoms with Gasteiger partial charge in [-0.2, -0.15) is 0 Å². The molecule has 4 saturated carbocycles. The maximum absolute atomic E-state index is 13.0. The van der Waals surface area contributed by atoms with E-state index in [4.69, 9.17) is 9.47 Å². The first kappa shape index (κ1) is 33.8. The second-order valence-electron chi connectivity index (χ2n) is 18.0. The van der Waals surface area contributed by atoms with Gasteiger partial charge in [0.1, 0.15) is 29.8 Å². The van der Waals surface area contributed by atoms with E-state index in [1.54, 1.807) is 0 Å². The highest BCUT2D eigenvalue weighted by Crippen LogP contribution is 2.76. The molecule has 5 aliphatic carbocycles. The fourth-order valence-electron chi connectivity index (χ4n) is 12.3. The van der Waals surface area contributed by atoms with Crippen molar-refractivity contribution >= 4 is 5.97 Å². The summed E-state index contributed by atoms with van der Waals surface area (Å²) in [6.07, 6.45) is 1.79. The number of carboxylic acids is 1. The third-order valence-corrected chi connectivity index (χ3v) is 15.2. The molecule has 1 unspecified atom stereocenters. The number of ether oxygens (including phenoxy) is 2. The van der Waals surface area contributed by atoms with Gasteiger partial charge < -0.3 is 40.1 Å². The van der Waals surface area contributed by atoms with Gasteiger partial charge in [0.05, 0.1) is 18.8 Å². The van der Waals surface area contributed by atoms with E-state index < -0.39 is 54.8 Å². The van der Waals surface area contributed by atoms with Crippen LogP contribution in [0.2, 0.25) is 0 Å². The molecule has 0 aromatic carbocycles. The van der Waals surface area contributed by atoms with E-state index in [2.05, 4.69) is 54.5 Å². The SMILES string of the molecule is CC1(C)CC[C@]2(C(=O)O)[C@H](O)C[C@]3(C)C(=CC[C@@H]4[C@@]5(C)CC[C@H](O[C@@H]6O[C@H](CO)[C@@H](O)[C@H](O)[C@H]6O)C(C)(C)C5CC[C@]43C)[C@@H]2C1. The molecule has 6 aliphatic rings. The molecule has 9 heteroatoms. The number of aliphatic carboxylic acids is 1. The number of aliphatic hydroxyl groups excluding tert-OH is 5. The molecule has 0 amide bonds. The van der Waals surface area contributed by atoms with E-state index in [9.17, 15) is 35.4 Å². The lowest BCUT2D eigenvalue weighted by atomic mass is 9.33. The normalized spacial score (nSPS) is 53.6. The van der Waals surface area contributed by atoms with Crippen LogP contribution >= 0.6 is 0 Å². The highest BCUT2D eigenvalue weighted by molar-refractivity contribution is 5.77. The van der Waals surface area contributed by atoms with Crippen molar-refractivity contribution in [2.75, 3.05) is 6.61 Å². The quantitative estimate of drug-likeness (QED) is 0.199. The van der Waals surface area contributed by atoms with Crippen LogP contribution in [0.1, 0.15) is 106 Å². The van der Waals surface area contributed by atoms with Crippen LogP contribution in [-0.2, 0) is 14.3 Å². The minimum atomic E-state index is -1.47. The molecule has 6 N–H and O–H groups in total. The molecule has 5 fully saturated rings. The van der Waals surface area contributed by atoms with Crippen molar-refractivity contribution in [3.63, 3.8) is 0 Å². The summed E-state index contributed by atoms with van der Waals surface area (Å²) in [5.41, 5.74) is -0.571. The number of aliphatic hydroxyl groups is 5. The largest absolute Gasteiger partial charge is 0.481 e. The van der Waals surface area contributed by atoms with Gasteiger partial charge in [-0.1, -0.05) is 60.1 Å². The fraction of sp³-hybridized carbons (Fsp3) is 0.917. The number of fused-ring (bicyclic) bond motifs is 7. The Bertz CT molecular complexity index is 1210. The Labute approximate surface area is 268 Å². The highest BCUT2D eigenvalue weighted by Gasteiger charge is 2.71. The van der Waals surface area contributed by atoms with Gasteiger partial charge in [-0.05, 0) is 103 Å². The molecule has 0 aromatic rings. The van der Waals surface area contributed by atoms with Gasteiger partial charge in [0.15, 0.2) is 6.29 Å². The van der Waals surface area contributed by atoms with Crippen LogP contribution in [0.25, 0.3) is 0 Å². The van der Waals surface area contributed by atoms with E-state index >= 15 is 0 Å². The number of hydrogen-bond donors (Lipinski definition) is 6. The van der Waals surface area contributed by atoms with Crippen molar-refractivity contribution in [3.05, 3.63) is 11.6 Å². The van der Waals surface area contributed by atoms with E-state index in [1.165, 1.54) is 5.57 Å². The Morgan fingerprint density at radius 2 is 1.58 bits per heavy atom. The number of carbonyl (C=O) groups is 1. The van der Waals surface area contributed by atoms with Gasteiger partial charge in [-0.15, -0.1) is 0 Å². The van der Waals surface area contributed by atoms with E-state index in [1.807, 2.05) is 0 Å². The summed E-state index contributed by atoms with van der Waals surface area (Å²) < 4.78 is 12.2. The number of allylic oxidation sites excluding steroid dienone is 2. The number of rotatable bonds is 4. The average molecular weight is 635 g/mol. The lowest BCUT2D eigenvalue weighted by Gasteiger charge is -2.71. The molecule has 0 aromatic heterocycles. The summed E-state index contributed by atoms with van der Waals surface area (Å²) in [7, 11) is 0. The zero-order valence-corrected chi connectivity index (χ0v) is 28.3. The summed E-state index contributed by atoms with van der Waals surface area (Å²) in [6.45, 7) is 15.6. The predicted octanol–water partition coefficient (Wildman–Crippen LogP) is 4.03. The molecule has 14 atom stereocenters. The maximum atomic E-state index is 13.0. The molecule has 6 rings (SSSR count). The smallest absolute Gasteiger partial charge is 0.312 e. The van der Waals surface area contributed by atoms with Crippen molar-refractivity contribution in [3.8, 4) is 0 Å². The summed E-state index contributed by atoms with van der Waals surface area (Å²) in [4.78, 5) is 13.0. The molecular formula is C36H58O9. The minimum Gasteiger partial charge on any atom is -0.481 e. The minimum absolute atomic E-state index is 0.0210. The van der Waals surface area contributed by atoms with Crippen molar-refractivity contribution < 1.29 is 44.9 Å². The van der Waals surface area contributed by atoms with Crippen molar-refractivity contribution in [2.24, 2.45) is 50.2 Å². The van der Waals surface area contributed by atoms with Crippen LogP contribution in [0.4, 0.5) is 0 Å². The summed E-state index contributed by atoms with van der Waals surface area (Å²) in [6, 6.07) is 0. The highest BCUT2D eigenvalue weighted by atomic mass is 16.7. The van der Waals surface area contributed by atoms with Crippen LogP contribution in [0.5, 0.6) is 0 Å². The van der Waals surface area contributed by atoms with Crippen LogP contribution in [0.3, 0.4) is 0 Å². The van der Waals surface area contributed by atoms with Crippen LogP contribution < -0.4 is 0 Å². The zero-order valence-electron chi connectivity index (χ0n) is 28.3. The first-order valence-electron chi connectivity index (χ1n) is 17.4. The van der Waals surface area contributed by atoms with E-state index in [-0.39, 0.29) is 39.1 Å². The Morgan fingerprint density at radius 3 is 2.22 bits per heavy atom. The number of hydrogen-bond acceptors (Lipinski definition) is 8. The first-order chi connectivity index (χ1) is 20.8. The summed E-state index contributed by atoms with van der Waals surface area (Å²) in [5.74, 6) is -0.382. The number of carboxylic acid groups (broad SMARTS) is 1. The molecule has 0 bridgehead atoms. The average Bonchev–Trinajstić information content (AvgIpc) is 2.94. The fourth-order valence-corrected chi connectivity index (χ4v) is 12.3. The Hall–Kier alpha value is -1.07. The van der Waals surface area contributed by atoms with E-state index in [0.29, 0.717) is 24.7 Å². The van der Waals surface area contributed by atoms with Crippen molar-refractivity contribution in [1.82, 2.24) is 0 Å². The monoisotopic (exact) mass is 634 g/mol. The molecule has 256 valence electrons. The van der Waals surface area contributed by atoms with Crippen LogP contribution in [0, 0.1) is 50.2 Å². The maximum Gasteiger partial charge on any atom is 0.312 e. The molecule has 9 nitrogen and oxygen atoms in total. The standard InChI is InChI=1S/C36H58O9/c1-31(2)14-15-36(30(42)43)20(16-31)19-8-9-23-33(5)12-11-25(45-29-28(41)27(40)26(39)21(18-37)44-29)32(3,4)22(33)10-13-34(23,6)35(19,7)17-24(36)38/h8,20-29,37-41H,9-18H2,1-7H3,(H,42,43)/t20-,21+,22?,23+,24+,25-,26+,27-,28+,29-,33-,34+,35+,36+/m0/s1. The third-order valence-electron chi connectivity index (χ3n) is 15.2. The topological polar surface area (TPSA) is 157 Å². The van der Waals surface area contributed by atoms with Gasteiger partial charge in [0, 0.05) is 0 Å². The van der Waals surface area contributed by atoms with Gasteiger partial charge in [-0.3, -0.25) is 4.79 Å². The molecule has 1 saturated heterocycles. The van der Waals surface area contributed by atoms with E-state index in [0.717, 1.165) is 44.9 Å². The Kier molecular flexibility index (Phi) is 8.05. The summed E-state index contributed by atoms with van der Waals surface area (Å²) >= 11 is 0. The van der Waals surface area contributed by atoms with Crippen LogP contribution in [0.15, 0.2) is 11.6 Å². The molecular weight excluding hydrogens is 576 g/mol. The first-order valence-corrected chi connectivity index (χ1v) is 17.4. The van der Waals surface area contributed by atoms with Crippen molar-refractivity contribution in [1.29, 1.82) is 0 Å². The second-order valence-corrected chi connectivity index (χ2v) is 18.0.